The van der Waals surface area contributed by atoms with E-state index in [0.717, 1.165) is 12.8 Å². The van der Waals surface area contributed by atoms with Gasteiger partial charge in [0.2, 0.25) is 0 Å². The van der Waals surface area contributed by atoms with Crippen molar-refractivity contribution in [2.75, 3.05) is 6.16 Å². The number of carbonyl (C=O) groups is 1. The lowest BCUT2D eigenvalue weighted by molar-refractivity contribution is -0.152. The summed E-state index contributed by atoms with van der Waals surface area (Å²) in [7, 11) is -2.21. The van der Waals surface area contributed by atoms with E-state index in [-0.39, 0.29) is 12.1 Å². The first-order valence-corrected chi connectivity index (χ1v) is 14.2. The summed E-state index contributed by atoms with van der Waals surface area (Å²) < 4.78 is 6.34. The highest BCUT2D eigenvalue weighted by Crippen LogP contribution is 2.55. The van der Waals surface area contributed by atoms with Crippen LogP contribution in [0.3, 0.4) is 0 Å². The van der Waals surface area contributed by atoms with Gasteiger partial charge < -0.3 is 4.74 Å². The highest BCUT2D eigenvalue weighted by Gasteiger charge is 2.48. The maximum Gasteiger partial charge on any atom is 0.345 e. The quantitative estimate of drug-likeness (QED) is 0.321. The lowest BCUT2D eigenvalue weighted by atomic mass is 9.75. The smallest absolute Gasteiger partial charge is 0.345 e. The van der Waals surface area contributed by atoms with Crippen LogP contribution in [0.5, 0.6) is 0 Å². The van der Waals surface area contributed by atoms with Crippen LogP contribution in [0.25, 0.3) is 0 Å². The number of benzene rings is 3. The Bertz CT molecular complexity index is 920. The van der Waals surface area contributed by atoms with E-state index < -0.39 is 7.26 Å². The average molecular weight is 460 g/mol. The van der Waals surface area contributed by atoms with Crippen molar-refractivity contribution in [1.29, 1.82) is 0 Å². The molecule has 3 heteroatoms. The Kier molecular flexibility index (Phi) is 7.66. The van der Waals surface area contributed by atoms with Crippen LogP contribution >= 0.6 is 7.26 Å². The summed E-state index contributed by atoms with van der Waals surface area (Å²) in [6.07, 6.45) is 3.76. The number of hydrogen-bond donors (Lipinski definition) is 0. The maximum absolute atomic E-state index is 13.7. The first kappa shape index (κ1) is 23.7. The van der Waals surface area contributed by atoms with Crippen molar-refractivity contribution in [3.8, 4) is 0 Å². The number of carbonyl (C=O) groups excluding carboxylic acids is 1. The molecule has 0 aromatic heterocycles. The van der Waals surface area contributed by atoms with Crippen molar-refractivity contribution >= 4 is 29.1 Å². The van der Waals surface area contributed by atoms with Crippen molar-refractivity contribution in [1.82, 2.24) is 0 Å². The van der Waals surface area contributed by atoms with E-state index >= 15 is 0 Å². The topological polar surface area (TPSA) is 26.3 Å². The predicted molar refractivity (Wildman–Crippen MR) is 141 cm³/mol. The molecular formula is C30H36O2P+. The zero-order chi connectivity index (χ0) is 23.3. The van der Waals surface area contributed by atoms with E-state index in [9.17, 15) is 4.79 Å². The molecule has 1 aliphatic carbocycles. The van der Waals surface area contributed by atoms with Crippen molar-refractivity contribution < 1.29 is 9.53 Å². The maximum atomic E-state index is 13.7. The summed E-state index contributed by atoms with van der Waals surface area (Å²) in [5.41, 5.74) is 0. The van der Waals surface area contributed by atoms with Crippen molar-refractivity contribution in [3.63, 3.8) is 0 Å². The zero-order valence-corrected chi connectivity index (χ0v) is 21.0. The Morgan fingerprint density at radius 1 is 0.818 bits per heavy atom. The highest BCUT2D eigenvalue weighted by molar-refractivity contribution is 7.96. The van der Waals surface area contributed by atoms with Gasteiger partial charge in [0.1, 0.15) is 29.3 Å². The molecule has 3 unspecified atom stereocenters. The van der Waals surface area contributed by atoms with E-state index in [1.807, 2.05) is 18.2 Å². The molecule has 1 saturated carbocycles. The van der Waals surface area contributed by atoms with Gasteiger partial charge >= 0.3 is 5.97 Å². The van der Waals surface area contributed by atoms with Crippen LogP contribution in [0.2, 0.25) is 0 Å². The first-order chi connectivity index (χ1) is 16.0. The summed E-state index contributed by atoms with van der Waals surface area (Å²) in [5.74, 6) is 1.51. The number of hydrogen-bond acceptors (Lipinski definition) is 2. The molecule has 2 nitrogen and oxygen atoms in total. The van der Waals surface area contributed by atoms with Gasteiger partial charge in [-0.2, -0.15) is 0 Å². The molecule has 3 aromatic carbocycles. The summed E-state index contributed by atoms with van der Waals surface area (Å²) in [6.45, 7) is 6.81. The molecule has 4 rings (SSSR count). The van der Waals surface area contributed by atoms with Gasteiger partial charge in [0.05, 0.1) is 0 Å². The molecule has 0 amide bonds. The summed E-state index contributed by atoms with van der Waals surface area (Å²) >= 11 is 0. The Balaban J connectivity index is 1.75. The van der Waals surface area contributed by atoms with Crippen LogP contribution in [-0.2, 0) is 9.53 Å². The molecule has 0 bridgehead atoms. The molecule has 3 aromatic rings. The van der Waals surface area contributed by atoms with E-state index in [2.05, 4.69) is 93.6 Å². The van der Waals surface area contributed by atoms with Crippen LogP contribution in [-0.4, -0.2) is 18.2 Å². The molecule has 0 spiro atoms. The van der Waals surface area contributed by atoms with Crippen LogP contribution < -0.4 is 15.9 Å². The zero-order valence-electron chi connectivity index (χ0n) is 20.1. The van der Waals surface area contributed by atoms with E-state index in [1.54, 1.807) is 0 Å². The van der Waals surface area contributed by atoms with Gasteiger partial charge in [-0.1, -0.05) is 81.8 Å². The van der Waals surface area contributed by atoms with Gasteiger partial charge in [0.15, 0.2) is 6.16 Å². The Labute approximate surface area is 199 Å². The second-order valence-corrected chi connectivity index (χ2v) is 13.3. The number of rotatable bonds is 7. The van der Waals surface area contributed by atoms with Gasteiger partial charge in [0.25, 0.3) is 0 Å². The van der Waals surface area contributed by atoms with Crippen molar-refractivity contribution in [2.45, 2.75) is 46.1 Å². The Morgan fingerprint density at radius 3 is 1.70 bits per heavy atom. The first-order valence-electron chi connectivity index (χ1n) is 12.2. The number of esters is 1. The fourth-order valence-corrected chi connectivity index (χ4v) is 9.37. The minimum absolute atomic E-state index is 0.0190. The molecule has 0 radical (unpaired) electrons. The van der Waals surface area contributed by atoms with E-state index in [0.29, 0.717) is 23.9 Å². The monoisotopic (exact) mass is 459 g/mol. The fourth-order valence-electron chi connectivity index (χ4n) is 5.42. The van der Waals surface area contributed by atoms with Crippen LogP contribution in [0.4, 0.5) is 0 Å². The Hall–Kier alpha value is -2.44. The molecular weight excluding hydrogens is 423 g/mol. The van der Waals surface area contributed by atoms with Gasteiger partial charge in [-0.05, 0) is 67.0 Å². The lowest BCUT2D eigenvalue weighted by Gasteiger charge is -2.37. The summed E-state index contributed by atoms with van der Waals surface area (Å²) in [5, 5.41) is 3.66. The molecule has 1 fully saturated rings. The fraction of sp³-hybridized carbons (Fsp3) is 0.367. The van der Waals surface area contributed by atoms with Gasteiger partial charge in [-0.3, -0.25) is 0 Å². The minimum atomic E-state index is -2.21. The third-order valence-electron chi connectivity index (χ3n) is 7.20. The molecule has 33 heavy (non-hydrogen) atoms. The van der Waals surface area contributed by atoms with Crippen molar-refractivity contribution in [3.05, 3.63) is 91.0 Å². The third-order valence-corrected chi connectivity index (χ3v) is 11.5. The average Bonchev–Trinajstić information content (AvgIpc) is 2.84. The van der Waals surface area contributed by atoms with Gasteiger partial charge in [-0.25, -0.2) is 4.79 Å². The SMILES string of the molecule is CC1CCC(C(C)C)C(OC(=O)C[P+](c2ccccc2)(c2ccccc2)c2ccccc2)C1. The van der Waals surface area contributed by atoms with Crippen LogP contribution in [0, 0.1) is 17.8 Å². The third kappa shape index (κ3) is 5.22. The van der Waals surface area contributed by atoms with E-state index in [1.165, 1.54) is 22.3 Å². The predicted octanol–water partition coefficient (Wildman–Crippen LogP) is 5.98. The second-order valence-electron chi connectivity index (χ2n) is 9.83. The summed E-state index contributed by atoms with van der Waals surface area (Å²) in [4.78, 5) is 13.7. The minimum Gasteiger partial charge on any atom is -0.459 e. The second kappa shape index (κ2) is 10.7. The molecule has 1 aliphatic rings. The largest absolute Gasteiger partial charge is 0.459 e. The lowest BCUT2D eigenvalue weighted by Crippen LogP contribution is -2.40. The molecule has 0 heterocycles. The standard InChI is InChI=1S/C30H36O2P/c1-23(2)28-20-19-24(3)21-29(28)32-30(31)22-33(25-13-7-4-8-14-25,26-15-9-5-10-16-26)27-17-11-6-12-18-27/h4-18,23-24,28-29H,19-22H2,1-3H3/q+1. The Morgan fingerprint density at radius 2 is 1.27 bits per heavy atom. The molecule has 3 atom stereocenters. The molecule has 0 aliphatic heterocycles. The number of ether oxygens (including phenoxy) is 1. The van der Waals surface area contributed by atoms with Crippen LogP contribution in [0.15, 0.2) is 91.0 Å². The van der Waals surface area contributed by atoms with Crippen LogP contribution in [0.1, 0.15) is 40.0 Å². The van der Waals surface area contributed by atoms with E-state index in [4.69, 9.17) is 4.74 Å². The normalized spacial score (nSPS) is 21.0. The molecule has 0 saturated heterocycles. The van der Waals surface area contributed by atoms with Crippen molar-refractivity contribution in [2.24, 2.45) is 17.8 Å². The summed E-state index contributed by atoms with van der Waals surface area (Å²) in [6, 6.07) is 31.7. The molecule has 172 valence electrons. The highest BCUT2D eigenvalue weighted by atomic mass is 31.2. The molecule has 0 N–H and O–H groups in total. The van der Waals surface area contributed by atoms with Gasteiger partial charge in [-0.15, -0.1) is 0 Å². The van der Waals surface area contributed by atoms with Gasteiger partial charge in [0, 0.05) is 0 Å².